The maximum absolute atomic E-state index is 12.8. The number of rotatable bonds is 4. The van der Waals surface area contributed by atoms with Crippen LogP contribution >= 0.6 is 0 Å². The lowest BCUT2D eigenvalue weighted by Crippen LogP contribution is -2.31. The normalized spacial score (nSPS) is 18.7. The minimum absolute atomic E-state index is 0.0551. The Balaban J connectivity index is 2.03. The lowest BCUT2D eigenvalue weighted by molar-refractivity contribution is -0.139. The standard InChI is InChI=1S/C14H18F3NO/c15-14(16,17)12-8-4-3-7-11(12)13(19)9-18-10-5-1-2-6-10/h3-4,7-8,10,13,18-19H,1-2,5-6,9H2. The van der Waals surface area contributed by atoms with E-state index in [0.717, 1.165) is 31.7 Å². The second-order valence-corrected chi connectivity index (χ2v) is 4.99. The van der Waals surface area contributed by atoms with Gasteiger partial charge in [0.1, 0.15) is 0 Å². The first-order chi connectivity index (χ1) is 8.98. The zero-order chi connectivity index (χ0) is 13.9. The fourth-order valence-electron chi connectivity index (χ4n) is 2.56. The van der Waals surface area contributed by atoms with Gasteiger partial charge in [-0.2, -0.15) is 13.2 Å². The molecule has 0 aliphatic heterocycles. The molecule has 0 radical (unpaired) electrons. The van der Waals surface area contributed by atoms with E-state index in [1.807, 2.05) is 0 Å². The van der Waals surface area contributed by atoms with Crippen molar-refractivity contribution in [2.24, 2.45) is 0 Å². The molecular weight excluding hydrogens is 255 g/mol. The minimum atomic E-state index is -4.43. The van der Waals surface area contributed by atoms with Gasteiger partial charge in [0.2, 0.25) is 0 Å². The topological polar surface area (TPSA) is 32.3 Å². The molecular formula is C14H18F3NO. The van der Waals surface area contributed by atoms with E-state index in [4.69, 9.17) is 0 Å². The number of hydrogen-bond acceptors (Lipinski definition) is 2. The van der Waals surface area contributed by atoms with E-state index in [-0.39, 0.29) is 12.1 Å². The Morgan fingerprint density at radius 2 is 1.84 bits per heavy atom. The van der Waals surface area contributed by atoms with Crippen LogP contribution in [-0.2, 0) is 6.18 Å². The van der Waals surface area contributed by atoms with Crippen molar-refractivity contribution in [1.29, 1.82) is 0 Å². The Bertz CT molecular complexity index is 413. The highest BCUT2D eigenvalue weighted by Crippen LogP contribution is 2.34. The summed E-state index contributed by atoms with van der Waals surface area (Å²) in [6, 6.07) is 5.53. The molecule has 19 heavy (non-hydrogen) atoms. The molecule has 0 heterocycles. The van der Waals surface area contributed by atoms with Gasteiger partial charge in [-0.25, -0.2) is 0 Å². The second-order valence-electron chi connectivity index (χ2n) is 4.99. The summed E-state index contributed by atoms with van der Waals surface area (Å²) in [5.74, 6) is 0. The lowest BCUT2D eigenvalue weighted by atomic mass is 10.0. The third-order valence-corrected chi connectivity index (χ3v) is 3.58. The average molecular weight is 273 g/mol. The summed E-state index contributed by atoms with van der Waals surface area (Å²) in [5, 5.41) is 13.1. The summed E-state index contributed by atoms with van der Waals surface area (Å²) in [4.78, 5) is 0. The zero-order valence-corrected chi connectivity index (χ0v) is 10.6. The molecule has 1 aromatic carbocycles. The van der Waals surface area contributed by atoms with E-state index < -0.39 is 17.8 Å². The number of hydrogen-bond donors (Lipinski definition) is 2. The molecule has 1 unspecified atom stereocenters. The molecule has 2 nitrogen and oxygen atoms in total. The summed E-state index contributed by atoms with van der Waals surface area (Å²) in [7, 11) is 0. The van der Waals surface area contributed by atoms with Crippen LogP contribution in [0.2, 0.25) is 0 Å². The number of aliphatic hydroxyl groups is 1. The minimum Gasteiger partial charge on any atom is -0.387 e. The van der Waals surface area contributed by atoms with Crippen LogP contribution in [0, 0.1) is 0 Å². The third-order valence-electron chi connectivity index (χ3n) is 3.58. The van der Waals surface area contributed by atoms with Crippen LogP contribution < -0.4 is 5.32 Å². The van der Waals surface area contributed by atoms with Crippen molar-refractivity contribution in [3.8, 4) is 0 Å². The van der Waals surface area contributed by atoms with Gasteiger partial charge in [-0.1, -0.05) is 31.0 Å². The number of halogens is 3. The van der Waals surface area contributed by atoms with Crippen LogP contribution in [-0.4, -0.2) is 17.7 Å². The van der Waals surface area contributed by atoms with Crippen LogP contribution in [0.4, 0.5) is 13.2 Å². The Kier molecular flexibility index (Phi) is 4.47. The van der Waals surface area contributed by atoms with Crippen molar-refractivity contribution in [2.75, 3.05) is 6.54 Å². The first kappa shape index (κ1) is 14.3. The number of nitrogens with one attached hydrogen (secondary N) is 1. The Morgan fingerprint density at radius 1 is 1.21 bits per heavy atom. The summed E-state index contributed by atoms with van der Waals surface area (Å²) in [5.41, 5.74) is -0.809. The van der Waals surface area contributed by atoms with Gasteiger partial charge in [0.25, 0.3) is 0 Å². The van der Waals surface area contributed by atoms with Crippen molar-refractivity contribution in [2.45, 2.75) is 44.0 Å². The van der Waals surface area contributed by atoms with E-state index in [0.29, 0.717) is 6.04 Å². The van der Waals surface area contributed by atoms with Crippen LogP contribution in [0.5, 0.6) is 0 Å². The summed E-state index contributed by atoms with van der Waals surface area (Å²) < 4.78 is 38.5. The molecule has 5 heteroatoms. The Morgan fingerprint density at radius 3 is 2.47 bits per heavy atom. The van der Waals surface area contributed by atoms with Gasteiger partial charge in [0.15, 0.2) is 0 Å². The fourth-order valence-corrected chi connectivity index (χ4v) is 2.56. The fraction of sp³-hybridized carbons (Fsp3) is 0.571. The number of aliphatic hydroxyl groups excluding tert-OH is 1. The molecule has 1 saturated carbocycles. The highest BCUT2D eigenvalue weighted by molar-refractivity contribution is 5.31. The van der Waals surface area contributed by atoms with E-state index in [1.165, 1.54) is 18.2 Å². The smallest absolute Gasteiger partial charge is 0.387 e. The van der Waals surface area contributed by atoms with Gasteiger partial charge >= 0.3 is 6.18 Å². The molecule has 2 N–H and O–H groups in total. The van der Waals surface area contributed by atoms with Crippen molar-refractivity contribution >= 4 is 0 Å². The van der Waals surface area contributed by atoms with Gasteiger partial charge in [0.05, 0.1) is 11.7 Å². The zero-order valence-electron chi connectivity index (χ0n) is 10.6. The van der Waals surface area contributed by atoms with E-state index >= 15 is 0 Å². The Labute approximate surface area is 110 Å². The maximum atomic E-state index is 12.8. The quantitative estimate of drug-likeness (QED) is 0.882. The van der Waals surface area contributed by atoms with E-state index in [9.17, 15) is 18.3 Å². The van der Waals surface area contributed by atoms with Crippen LogP contribution in [0.3, 0.4) is 0 Å². The van der Waals surface area contributed by atoms with Gasteiger partial charge < -0.3 is 10.4 Å². The van der Waals surface area contributed by atoms with Gasteiger partial charge in [-0.3, -0.25) is 0 Å². The van der Waals surface area contributed by atoms with Crippen molar-refractivity contribution in [3.63, 3.8) is 0 Å². The van der Waals surface area contributed by atoms with Crippen molar-refractivity contribution < 1.29 is 18.3 Å². The van der Waals surface area contributed by atoms with E-state index in [2.05, 4.69) is 5.32 Å². The molecule has 0 aromatic heterocycles. The van der Waals surface area contributed by atoms with Gasteiger partial charge in [0, 0.05) is 12.6 Å². The highest BCUT2D eigenvalue weighted by atomic mass is 19.4. The number of benzene rings is 1. The van der Waals surface area contributed by atoms with Gasteiger partial charge in [-0.05, 0) is 24.5 Å². The SMILES string of the molecule is OC(CNC1CCCC1)c1ccccc1C(F)(F)F. The molecule has 0 spiro atoms. The van der Waals surface area contributed by atoms with Gasteiger partial charge in [-0.15, -0.1) is 0 Å². The molecule has 0 amide bonds. The van der Waals surface area contributed by atoms with Crippen molar-refractivity contribution in [3.05, 3.63) is 35.4 Å². The largest absolute Gasteiger partial charge is 0.416 e. The molecule has 1 aliphatic rings. The molecule has 106 valence electrons. The highest BCUT2D eigenvalue weighted by Gasteiger charge is 2.34. The van der Waals surface area contributed by atoms with Crippen LogP contribution in [0.15, 0.2) is 24.3 Å². The van der Waals surface area contributed by atoms with Crippen LogP contribution in [0.25, 0.3) is 0 Å². The molecule has 0 bridgehead atoms. The molecule has 1 atom stereocenters. The third kappa shape index (κ3) is 3.70. The van der Waals surface area contributed by atoms with Crippen molar-refractivity contribution in [1.82, 2.24) is 5.32 Å². The predicted molar refractivity (Wildman–Crippen MR) is 66.7 cm³/mol. The predicted octanol–water partition coefficient (Wildman–Crippen LogP) is 3.27. The summed E-state index contributed by atoms with van der Waals surface area (Å²) >= 11 is 0. The summed E-state index contributed by atoms with van der Waals surface area (Å²) in [6.45, 7) is 0.164. The number of alkyl halides is 3. The molecule has 1 fully saturated rings. The summed E-state index contributed by atoms with van der Waals surface area (Å²) in [6.07, 6.45) is -1.19. The van der Waals surface area contributed by atoms with E-state index in [1.54, 1.807) is 0 Å². The lowest BCUT2D eigenvalue weighted by Gasteiger charge is -2.20. The van der Waals surface area contributed by atoms with Crippen LogP contribution in [0.1, 0.15) is 42.9 Å². The second kappa shape index (κ2) is 5.92. The Hall–Kier alpha value is -1.07. The monoisotopic (exact) mass is 273 g/mol. The maximum Gasteiger partial charge on any atom is 0.416 e. The molecule has 2 rings (SSSR count). The molecule has 0 saturated heterocycles. The first-order valence-corrected chi connectivity index (χ1v) is 6.56. The average Bonchev–Trinajstić information content (AvgIpc) is 2.88. The first-order valence-electron chi connectivity index (χ1n) is 6.56. The molecule has 1 aliphatic carbocycles. The molecule has 1 aromatic rings.